The molecule has 4 rings (SSSR count). The number of aliphatic hydroxyl groups is 1. The van der Waals surface area contributed by atoms with E-state index in [9.17, 15) is 18.7 Å². The summed E-state index contributed by atoms with van der Waals surface area (Å²) in [6, 6.07) is 12.6. The lowest BCUT2D eigenvalue weighted by molar-refractivity contribution is -0.158. The number of fused-ring (bicyclic) bond motifs is 1. The first-order chi connectivity index (χ1) is 16.0. The van der Waals surface area contributed by atoms with Crippen molar-refractivity contribution in [2.24, 2.45) is 0 Å². The van der Waals surface area contributed by atoms with Gasteiger partial charge in [-0.2, -0.15) is 0 Å². The van der Waals surface area contributed by atoms with E-state index in [1.54, 1.807) is 18.2 Å². The van der Waals surface area contributed by atoms with Gasteiger partial charge in [-0.1, -0.05) is 24.3 Å². The van der Waals surface area contributed by atoms with E-state index < -0.39 is 6.10 Å². The van der Waals surface area contributed by atoms with Gasteiger partial charge in [0.15, 0.2) is 0 Å². The molecule has 2 fully saturated rings. The van der Waals surface area contributed by atoms with Crippen LogP contribution in [0.3, 0.4) is 0 Å². The fraction of sp³-hybridized carbons (Fsp3) is 0.480. The van der Waals surface area contributed by atoms with Gasteiger partial charge in [0.05, 0.1) is 37.9 Å². The smallest absolute Gasteiger partial charge is 0.222 e. The lowest BCUT2D eigenvalue weighted by Gasteiger charge is -2.44. The number of nitrogens with one attached hydrogen (secondary N) is 1. The van der Waals surface area contributed by atoms with Crippen LogP contribution in [0.5, 0.6) is 0 Å². The summed E-state index contributed by atoms with van der Waals surface area (Å²) in [6.45, 7) is 1.68. The number of benzene rings is 2. The number of rotatable bonds is 6. The highest BCUT2D eigenvalue weighted by molar-refractivity contribution is 5.76. The maximum absolute atomic E-state index is 13.7. The van der Waals surface area contributed by atoms with E-state index in [0.29, 0.717) is 31.7 Å². The van der Waals surface area contributed by atoms with Crippen molar-refractivity contribution in [1.29, 1.82) is 0 Å². The zero-order valence-corrected chi connectivity index (χ0v) is 18.5. The summed E-state index contributed by atoms with van der Waals surface area (Å²) in [5.41, 5.74) is 1.54. The summed E-state index contributed by atoms with van der Waals surface area (Å²) < 4.78 is 38.9. The van der Waals surface area contributed by atoms with Crippen molar-refractivity contribution in [3.63, 3.8) is 0 Å². The van der Waals surface area contributed by atoms with Crippen molar-refractivity contribution in [1.82, 2.24) is 10.2 Å². The van der Waals surface area contributed by atoms with Gasteiger partial charge in [0, 0.05) is 25.7 Å². The van der Waals surface area contributed by atoms with Gasteiger partial charge >= 0.3 is 0 Å². The second-order valence-corrected chi connectivity index (χ2v) is 8.80. The first-order valence-electron chi connectivity index (χ1n) is 11.4. The molecule has 6 nitrogen and oxygen atoms in total. The van der Waals surface area contributed by atoms with Gasteiger partial charge in [0.2, 0.25) is 5.91 Å². The largest absolute Gasteiger partial charge is 0.389 e. The van der Waals surface area contributed by atoms with E-state index in [1.807, 2.05) is 6.07 Å². The second-order valence-electron chi connectivity index (χ2n) is 8.80. The van der Waals surface area contributed by atoms with Crippen LogP contribution in [-0.4, -0.2) is 60.0 Å². The summed E-state index contributed by atoms with van der Waals surface area (Å²) in [5, 5.41) is 13.1. The number of carbonyl (C=O) groups is 1. The van der Waals surface area contributed by atoms with Crippen LogP contribution >= 0.6 is 0 Å². The average molecular weight is 461 g/mol. The first-order valence-corrected chi connectivity index (χ1v) is 11.4. The summed E-state index contributed by atoms with van der Waals surface area (Å²) >= 11 is 0. The van der Waals surface area contributed by atoms with Gasteiger partial charge in [-0.25, -0.2) is 8.78 Å². The molecule has 2 aliphatic rings. The minimum atomic E-state index is -0.633. The molecule has 4 atom stereocenters. The Bertz CT molecular complexity index is 944. The Kier molecular flexibility index (Phi) is 8.03. The molecule has 178 valence electrons. The Morgan fingerprint density at radius 2 is 1.79 bits per heavy atom. The molecule has 2 N–H and O–H groups in total. The Hall–Kier alpha value is -2.39. The SMILES string of the molecule is O=C(C[C@@H]1CC[C@H]2[C@@H](COC[C@@H](O)CN2Cc2cccc(F)c2)O1)NCc1cccc(F)c1. The van der Waals surface area contributed by atoms with E-state index in [0.717, 1.165) is 12.0 Å². The minimum absolute atomic E-state index is 0.00479. The maximum Gasteiger partial charge on any atom is 0.222 e. The number of halogens is 2. The highest BCUT2D eigenvalue weighted by Crippen LogP contribution is 2.29. The van der Waals surface area contributed by atoms with Crippen LogP contribution in [-0.2, 0) is 27.4 Å². The number of ether oxygens (including phenoxy) is 2. The molecule has 2 aliphatic heterocycles. The van der Waals surface area contributed by atoms with Crippen LogP contribution in [0, 0.1) is 11.6 Å². The Morgan fingerprint density at radius 3 is 2.55 bits per heavy atom. The first kappa shape index (κ1) is 23.8. The van der Waals surface area contributed by atoms with Crippen LogP contribution < -0.4 is 5.32 Å². The van der Waals surface area contributed by atoms with Crippen LogP contribution in [0.15, 0.2) is 48.5 Å². The molecule has 0 bridgehead atoms. The number of aliphatic hydroxyl groups excluding tert-OH is 1. The third-order valence-electron chi connectivity index (χ3n) is 6.15. The molecule has 33 heavy (non-hydrogen) atoms. The lowest BCUT2D eigenvalue weighted by Crippen LogP contribution is -2.55. The molecule has 2 aromatic carbocycles. The monoisotopic (exact) mass is 460 g/mol. The molecular weight excluding hydrogens is 430 g/mol. The summed E-state index contributed by atoms with van der Waals surface area (Å²) in [5.74, 6) is -0.772. The van der Waals surface area contributed by atoms with Crippen molar-refractivity contribution >= 4 is 5.91 Å². The van der Waals surface area contributed by atoms with Gasteiger partial charge < -0.3 is 19.9 Å². The van der Waals surface area contributed by atoms with Crippen molar-refractivity contribution < 1.29 is 28.2 Å². The molecule has 2 saturated heterocycles. The molecule has 0 aliphatic carbocycles. The normalized spacial score (nSPS) is 26.2. The molecule has 1 amide bonds. The Balaban J connectivity index is 1.34. The van der Waals surface area contributed by atoms with Crippen LogP contribution in [0.4, 0.5) is 8.78 Å². The van der Waals surface area contributed by atoms with Crippen LogP contribution in [0.1, 0.15) is 30.4 Å². The molecule has 0 spiro atoms. The number of amides is 1. The summed E-state index contributed by atoms with van der Waals surface area (Å²) in [4.78, 5) is 14.6. The fourth-order valence-corrected chi connectivity index (χ4v) is 4.62. The third kappa shape index (κ3) is 6.80. The third-order valence-corrected chi connectivity index (χ3v) is 6.15. The number of β-amino-alcohol motifs (C(OH)–C–C–N with tert-alkyl or cyclic N) is 1. The van der Waals surface area contributed by atoms with E-state index in [2.05, 4.69) is 10.2 Å². The van der Waals surface area contributed by atoms with Gasteiger partial charge in [-0.05, 0) is 48.2 Å². The van der Waals surface area contributed by atoms with Gasteiger partial charge in [-0.3, -0.25) is 9.69 Å². The molecule has 0 radical (unpaired) electrons. The quantitative estimate of drug-likeness (QED) is 0.694. The zero-order chi connectivity index (χ0) is 23.2. The fourth-order valence-electron chi connectivity index (χ4n) is 4.62. The number of carbonyl (C=O) groups excluding carboxylic acids is 1. The van der Waals surface area contributed by atoms with Crippen LogP contribution in [0.2, 0.25) is 0 Å². The average Bonchev–Trinajstić information content (AvgIpc) is 2.77. The molecular formula is C25H30F2N2O4. The second kappa shape index (κ2) is 11.2. The van der Waals surface area contributed by atoms with Crippen molar-refractivity contribution in [3.8, 4) is 0 Å². The Labute approximate surface area is 192 Å². The summed E-state index contributed by atoms with van der Waals surface area (Å²) in [6.07, 6.45) is 0.544. The summed E-state index contributed by atoms with van der Waals surface area (Å²) in [7, 11) is 0. The molecule has 2 heterocycles. The van der Waals surface area contributed by atoms with Gasteiger partial charge in [0.1, 0.15) is 11.6 Å². The number of hydrogen-bond acceptors (Lipinski definition) is 5. The molecule has 8 heteroatoms. The van der Waals surface area contributed by atoms with E-state index in [1.165, 1.54) is 24.3 Å². The predicted octanol–water partition coefficient (Wildman–Crippen LogP) is 2.78. The Morgan fingerprint density at radius 1 is 1.06 bits per heavy atom. The molecule has 0 saturated carbocycles. The number of hydrogen-bond donors (Lipinski definition) is 2. The highest BCUT2D eigenvalue weighted by Gasteiger charge is 2.38. The standard InChI is InChI=1S/C25H30F2N2O4/c26-19-5-1-3-17(9-19)12-28-25(31)11-22-7-8-23-24(33-22)16-32-15-21(30)14-29(23)13-18-4-2-6-20(27)10-18/h1-6,9-10,21-24,30H,7-8,11-16H2,(H,28,31)/t21-,22-,23-,24+/m0/s1. The topological polar surface area (TPSA) is 71.0 Å². The van der Waals surface area contributed by atoms with Gasteiger partial charge in [-0.15, -0.1) is 0 Å². The van der Waals surface area contributed by atoms with Crippen LogP contribution in [0.25, 0.3) is 0 Å². The van der Waals surface area contributed by atoms with E-state index in [-0.39, 0.29) is 55.4 Å². The minimum Gasteiger partial charge on any atom is -0.389 e. The predicted molar refractivity (Wildman–Crippen MR) is 118 cm³/mol. The highest BCUT2D eigenvalue weighted by atomic mass is 19.1. The van der Waals surface area contributed by atoms with E-state index >= 15 is 0 Å². The van der Waals surface area contributed by atoms with E-state index in [4.69, 9.17) is 9.47 Å². The maximum atomic E-state index is 13.7. The molecule has 2 aromatic rings. The van der Waals surface area contributed by atoms with Gasteiger partial charge in [0.25, 0.3) is 0 Å². The van der Waals surface area contributed by atoms with Crippen molar-refractivity contribution in [2.45, 2.75) is 56.7 Å². The van der Waals surface area contributed by atoms with Crippen molar-refractivity contribution in [3.05, 3.63) is 71.3 Å². The lowest BCUT2D eigenvalue weighted by atomic mass is 9.94. The molecule has 0 aromatic heterocycles. The molecule has 0 unspecified atom stereocenters. The number of nitrogens with zero attached hydrogens (tertiary/aromatic N) is 1. The zero-order valence-electron chi connectivity index (χ0n) is 18.5. The van der Waals surface area contributed by atoms with Crippen molar-refractivity contribution in [2.75, 3.05) is 19.8 Å².